The lowest BCUT2D eigenvalue weighted by molar-refractivity contribution is -0.167. The molecule has 0 heterocycles. The molecule has 0 saturated carbocycles. The number of esters is 3. The van der Waals surface area contributed by atoms with Gasteiger partial charge in [-0.1, -0.05) is 338 Å². The van der Waals surface area contributed by atoms with E-state index in [2.05, 4.69) is 93.7 Å². The first-order valence-corrected chi connectivity index (χ1v) is 35.9. The summed E-state index contributed by atoms with van der Waals surface area (Å²) >= 11 is 0. The molecule has 0 aromatic heterocycles. The SMILES string of the molecule is CC/C=C\C/C=C\C/C=C\C/C=C\CCCCCCCCCCCCCCCCCCCCCCCCC(=O)OCC(COC(=O)CCCCCCCCCCCCCCC)OC(=O)CCCCCCC/C=C\C/C=C\CCCCCC. The number of allylic oxidation sites excluding steroid dienone is 12. The molecule has 0 rings (SSSR count). The molecule has 0 N–H and O–H groups in total. The molecule has 0 aliphatic carbocycles. The van der Waals surface area contributed by atoms with Gasteiger partial charge in [-0.15, -0.1) is 0 Å². The van der Waals surface area contributed by atoms with Crippen LogP contribution in [0, 0.1) is 0 Å². The molecule has 476 valence electrons. The zero-order valence-electron chi connectivity index (χ0n) is 54.8. The Labute approximate surface area is 510 Å². The number of hydrogen-bond acceptors (Lipinski definition) is 6. The van der Waals surface area contributed by atoms with Gasteiger partial charge in [-0.2, -0.15) is 0 Å². The topological polar surface area (TPSA) is 78.9 Å². The minimum absolute atomic E-state index is 0.0745. The number of ether oxygens (including phenoxy) is 3. The summed E-state index contributed by atoms with van der Waals surface area (Å²) in [4.78, 5) is 38.4. The molecule has 0 bridgehead atoms. The minimum Gasteiger partial charge on any atom is -0.462 e. The third kappa shape index (κ3) is 67.6. The van der Waals surface area contributed by atoms with Crippen LogP contribution < -0.4 is 0 Å². The van der Waals surface area contributed by atoms with Crippen molar-refractivity contribution in [2.45, 2.75) is 380 Å². The molecule has 6 nitrogen and oxygen atoms in total. The zero-order chi connectivity index (χ0) is 59.2. The lowest BCUT2D eigenvalue weighted by Crippen LogP contribution is -2.30. The zero-order valence-corrected chi connectivity index (χ0v) is 54.8. The molecule has 0 aliphatic heterocycles. The molecule has 0 radical (unpaired) electrons. The second-order valence-corrected chi connectivity index (χ2v) is 24.1. The molecule has 0 amide bonds. The summed E-state index contributed by atoms with van der Waals surface area (Å²) in [7, 11) is 0. The molecule has 0 spiro atoms. The van der Waals surface area contributed by atoms with Crippen LogP contribution in [0.5, 0.6) is 0 Å². The first-order valence-electron chi connectivity index (χ1n) is 35.9. The molecule has 0 saturated heterocycles. The van der Waals surface area contributed by atoms with E-state index in [9.17, 15) is 14.4 Å². The van der Waals surface area contributed by atoms with E-state index in [0.29, 0.717) is 19.3 Å². The van der Waals surface area contributed by atoms with E-state index >= 15 is 0 Å². The third-order valence-electron chi connectivity index (χ3n) is 15.9. The van der Waals surface area contributed by atoms with Gasteiger partial charge >= 0.3 is 17.9 Å². The lowest BCUT2D eigenvalue weighted by atomic mass is 10.0. The maximum absolute atomic E-state index is 12.9. The molecular formula is C76H136O6. The Morgan fingerprint density at radius 2 is 0.476 bits per heavy atom. The Hall–Kier alpha value is -3.15. The monoisotopic (exact) mass is 1150 g/mol. The Kier molecular flexibility index (Phi) is 67.6. The fraction of sp³-hybridized carbons (Fsp3) is 0.803. The van der Waals surface area contributed by atoms with Crippen molar-refractivity contribution >= 4 is 17.9 Å². The number of unbranched alkanes of at least 4 members (excludes halogenated alkanes) is 43. The summed E-state index contributed by atoms with van der Waals surface area (Å²) in [5.41, 5.74) is 0. The van der Waals surface area contributed by atoms with E-state index in [1.54, 1.807) is 0 Å². The van der Waals surface area contributed by atoms with Gasteiger partial charge in [-0.25, -0.2) is 0 Å². The smallest absolute Gasteiger partial charge is 0.306 e. The second-order valence-electron chi connectivity index (χ2n) is 24.1. The number of hydrogen-bond donors (Lipinski definition) is 0. The predicted molar refractivity (Wildman–Crippen MR) is 358 cm³/mol. The van der Waals surface area contributed by atoms with Crippen molar-refractivity contribution in [3.05, 3.63) is 72.9 Å². The van der Waals surface area contributed by atoms with Gasteiger partial charge in [0.25, 0.3) is 0 Å². The number of carbonyl (C=O) groups excluding carboxylic acids is 3. The molecule has 82 heavy (non-hydrogen) atoms. The molecular weight excluding hydrogens is 1010 g/mol. The minimum atomic E-state index is -0.779. The quantitative estimate of drug-likeness (QED) is 0.0261. The summed E-state index contributed by atoms with van der Waals surface area (Å²) in [6.07, 6.45) is 92.3. The molecule has 0 aromatic rings. The Balaban J connectivity index is 4.09. The van der Waals surface area contributed by atoms with E-state index in [1.165, 1.54) is 225 Å². The van der Waals surface area contributed by atoms with Crippen LogP contribution in [0.25, 0.3) is 0 Å². The summed E-state index contributed by atoms with van der Waals surface area (Å²) in [6.45, 7) is 6.55. The van der Waals surface area contributed by atoms with Crippen LogP contribution in [0.4, 0.5) is 0 Å². The highest BCUT2D eigenvalue weighted by atomic mass is 16.6. The van der Waals surface area contributed by atoms with Crippen molar-refractivity contribution in [2.75, 3.05) is 13.2 Å². The highest BCUT2D eigenvalue weighted by molar-refractivity contribution is 5.71. The van der Waals surface area contributed by atoms with E-state index < -0.39 is 6.10 Å². The fourth-order valence-corrected chi connectivity index (χ4v) is 10.6. The summed E-state index contributed by atoms with van der Waals surface area (Å²) < 4.78 is 17.0. The Morgan fingerprint density at radius 1 is 0.256 bits per heavy atom. The summed E-state index contributed by atoms with van der Waals surface area (Å²) in [5.74, 6) is -0.865. The first kappa shape index (κ1) is 78.8. The standard InChI is InChI=1S/C76H136O6/c1-4-7-10-13-16-19-22-25-27-29-30-31-32-33-34-35-36-37-38-39-40-41-42-43-44-45-46-47-49-51-54-57-60-63-66-69-75(78)81-72-73(71-80-74(77)68-65-62-59-56-53-50-24-21-18-15-12-9-6-3)82-76(79)70-67-64-61-58-55-52-48-28-26-23-20-17-14-11-8-5-2/h7,10,16,19-20,23,25,27-28,30-31,48,73H,4-6,8-9,11-15,17-18,21-22,24,26,29,32-47,49-72H2,1-3H3/b10-7-,19-16-,23-20-,27-25-,31-30-,48-28-. The molecule has 0 fully saturated rings. The van der Waals surface area contributed by atoms with Crippen molar-refractivity contribution in [2.24, 2.45) is 0 Å². The van der Waals surface area contributed by atoms with Crippen LogP contribution in [0.3, 0.4) is 0 Å². The molecule has 1 atom stereocenters. The first-order chi connectivity index (χ1) is 40.5. The van der Waals surface area contributed by atoms with Gasteiger partial charge in [0, 0.05) is 19.3 Å². The van der Waals surface area contributed by atoms with Gasteiger partial charge in [0.1, 0.15) is 13.2 Å². The van der Waals surface area contributed by atoms with Gasteiger partial charge in [0.2, 0.25) is 0 Å². The summed E-state index contributed by atoms with van der Waals surface area (Å²) in [6, 6.07) is 0. The van der Waals surface area contributed by atoms with Crippen molar-refractivity contribution in [1.82, 2.24) is 0 Å². The van der Waals surface area contributed by atoms with E-state index in [1.807, 2.05) is 0 Å². The third-order valence-corrected chi connectivity index (χ3v) is 15.9. The van der Waals surface area contributed by atoms with Crippen LogP contribution in [-0.4, -0.2) is 37.2 Å². The molecule has 1 unspecified atom stereocenters. The van der Waals surface area contributed by atoms with Crippen molar-refractivity contribution < 1.29 is 28.6 Å². The lowest BCUT2D eigenvalue weighted by Gasteiger charge is -2.18. The number of carbonyl (C=O) groups is 3. The largest absolute Gasteiger partial charge is 0.462 e. The van der Waals surface area contributed by atoms with Crippen molar-refractivity contribution in [3.63, 3.8) is 0 Å². The Morgan fingerprint density at radius 3 is 0.756 bits per heavy atom. The number of rotatable bonds is 66. The predicted octanol–water partition coefficient (Wildman–Crippen LogP) is 24.8. The van der Waals surface area contributed by atoms with E-state index in [0.717, 1.165) is 109 Å². The van der Waals surface area contributed by atoms with Crippen molar-refractivity contribution in [3.8, 4) is 0 Å². The van der Waals surface area contributed by atoms with Gasteiger partial charge in [0.15, 0.2) is 6.10 Å². The van der Waals surface area contributed by atoms with Gasteiger partial charge in [-0.05, 0) is 89.9 Å². The average molecular weight is 1150 g/mol. The van der Waals surface area contributed by atoms with Crippen LogP contribution in [-0.2, 0) is 28.6 Å². The maximum atomic E-state index is 12.9. The highest BCUT2D eigenvalue weighted by Crippen LogP contribution is 2.18. The van der Waals surface area contributed by atoms with Crippen LogP contribution >= 0.6 is 0 Å². The van der Waals surface area contributed by atoms with Crippen LogP contribution in [0.1, 0.15) is 374 Å². The molecule has 6 heteroatoms. The molecule has 0 aliphatic rings. The Bertz CT molecular complexity index is 1500. The van der Waals surface area contributed by atoms with Crippen LogP contribution in [0.15, 0.2) is 72.9 Å². The normalized spacial score (nSPS) is 12.5. The summed E-state index contributed by atoms with van der Waals surface area (Å²) in [5, 5.41) is 0. The van der Waals surface area contributed by atoms with Crippen LogP contribution in [0.2, 0.25) is 0 Å². The van der Waals surface area contributed by atoms with E-state index in [4.69, 9.17) is 14.2 Å². The van der Waals surface area contributed by atoms with Crippen molar-refractivity contribution in [1.29, 1.82) is 0 Å². The average Bonchev–Trinajstić information content (AvgIpc) is 3.47. The van der Waals surface area contributed by atoms with Gasteiger partial charge < -0.3 is 14.2 Å². The van der Waals surface area contributed by atoms with Gasteiger partial charge in [0.05, 0.1) is 0 Å². The highest BCUT2D eigenvalue weighted by Gasteiger charge is 2.19. The second kappa shape index (κ2) is 70.3. The van der Waals surface area contributed by atoms with E-state index in [-0.39, 0.29) is 31.1 Å². The van der Waals surface area contributed by atoms with Gasteiger partial charge in [-0.3, -0.25) is 14.4 Å². The fourth-order valence-electron chi connectivity index (χ4n) is 10.6. The maximum Gasteiger partial charge on any atom is 0.306 e. The molecule has 0 aromatic carbocycles.